The van der Waals surface area contributed by atoms with Crippen molar-refractivity contribution in [2.24, 2.45) is 0 Å². The third kappa shape index (κ3) is 6.26. The first-order valence-electron chi connectivity index (χ1n) is 8.23. The molecule has 0 spiro atoms. The van der Waals surface area contributed by atoms with Gasteiger partial charge in [-0.15, -0.1) is 12.4 Å². The van der Waals surface area contributed by atoms with E-state index in [0.717, 1.165) is 50.4 Å². The number of piperazine rings is 1. The second-order valence-corrected chi connectivity index (χ2v) is 6.32. The average Bonchev–Trinajstić information content (AvgIpc) is 2.54. The summed E-state index contributed by atoms with van der Waals surface area (Å²) in [5, 5.41) is 6.29. The van der Waals surface area contributed by atoms with Crippen LogP contribution in [0.4, 0.5) is 11.4 Å². The molecule has 134 valence electrons. The lowest BCUT2D eigenvalue weighted by Crippen LogP contribution is -2.45. The molecule has 0 atom stereocenters. The van der Waals surface area contributed by atoms with Crippen LogP contribution in [0.1, 0.15) is 26.2 Å². The monoisotopic (exact) mass is 370 g/mol. The van der Waals surface area contributed by atoms with E-state index in [-0.39, 0.29) is 18.3 Å². The van der Waals surface area contributed by atoms with Crippen molar-refractivity contribution in [3.63, 3.8) is 0 Å². The Balaban J connectivity index is 0.00000288. The zero-order valence-electron chi connectivity index (χ0n) is 14.4. The highest BCUT2D eigenvalue weighted by atomic mass is 35.5. The van der Waals surface area contributed by atoms with Crippen LogP contribution in [-0.4, -0.2) is 49.1 Å². The molecule has 5 nitrogen and oxygen atoms in total. The lowest BCUT2D eigenvalue weighted by molar-refractivity contribution is -0.119. The highest BCUT2D eigenvalue weighted by Crippen LogP contribution is 2.26. The normalized spacial score (nSPS) is 14.7. The van der Waals surface area contributed by atoms with Crippen molar-refractivity contribution in [3.8, 4) is 0 Å². The number of anilines is 2. The topological polar surface area (TPSA) is 47.6 Å². The number of nitrogens with one attached hydrogen (secondary N) is 2. The van der Waals surface area contributed by atoms with Gasteiger partial charge in [-0.25, -0.2) is 0 Å². The molecule has 0 radical (unpaired) electrons. The Labute approximate surface area is 156 Å². The zero-order chi connectivity index (χ0) is 16.7. The quantitative estimate of drug-likeness (QED) is 0.780. The third-order valence-electron chi connectivity index (χ3n) is 4.01. The molecule has 0 unspecified atom stereocenters. The molecule has 1 fully saturated rings. The lowest BCUT2D eigenvalue weighted by atomic mass is 10.2. The number of hydrogen-bond acceptors (Lipinski definition) is 4. The van der Waals surface area contributed by atoms with Gasteiger partial charge in [-0.1, -0.05) is 25.5 Å². The van der Waals surface area contributed by atoms with Gasteiger partial charge >= 0.3 is 0 Å². The standard InChI is InChI=1S/C17H26N4OS.ClH/c1-3-4-9-16(22)19-17(23)18-14-7-5-6-8-15(14)21-12-10-20(2)11-13-21;/h5-8H,3-4,9-13H2,1-2H3,(H2,18,19,22,23);1H. The minimum absolute atomic E-state index is 0. The van der Waals surface area contributed by atoms with Crippen LogP contribution in [-0.2, 0) is 4.79 Å². The predicted octanol–water partition coefficient (Wildman–Crippen LogP) is 2.86. The van der Waals surface area contributed by atoms with Crippen LogP contribution in [0.3, 0.4) is 0 Å². The van der Waals surface area contributed by atoms with E-state index >= 15 is 0 Å². The van der Waals surface area contributed by atoms with Gasteiger partial charge in [0.25, 0.3) is 0 Å². The number of likely N-dealkylation sites (N-methyl/N-ethyl adjacent to an activating group) is 1. The number of para-hydroxylation sites is 2. The van der Waals surface area contributed by atoms with Gasteiger partial charge in [0.05, 0.1) is 11.4 Å². The third-order valence-corrected chi connectivity index (χ3v) is 4.21. The maximum absolute atomic E-state index is 11.8. The number of hydrogen-bond donors (Lipinski definition) is 2. The van der Waals surface area contributed by atoms with Gasteiger partial charge in [0, 0.05) is 32.6 Å². The number of thiocarbonyl (C=S) groups is 1. The minimum Gasteiger partial charge on any atom is -0.367 e. The Morgan fingerprint density at radius 3 is 2.54 bits per heavy atom. The van der Waals surface area contributed by atoms with Crippen molar-refractivity contribution in [1.29, 1.82) is 0 Å². The van der Waals surface area contributed by atoms with E-state index in [1.165, 1.54) is 0 Å². The first-order chi connectivity index (χ1) is 11.1. The van der Waals surface area contributed by atoms with Crippen LogP contribution in [0.5, 0.6) is 0 Å². The summed E-state index contributed by atoms with van der Waals surface area (Å²) in [7, 11) is 2.14. The Bertz CT molecular complexity index is 547. The van der Waals surface area contributed by atoms with Gasteiger partial charge < -0.3 is 20.4 Å². The number of amides is 1. The van der Waals surface area contributed by atoms with Crippen LogP contribution in [0.2, 0.25) is 0 Å². The highest BCUT2D eigenvalue weighted by Gasteiger charge is 2.17. The van der Waals surface area contributed by atoms with Crippen molar-refractivity contribution in [3.05, 3.63) is 24.3 Å². The van der Waals surface area contributed by atoms with E-state index in [1.54, 1.807) is 0 Å². The predicted molar refractivity (Wildman–Crippen MR) is 107 cm³/mol. The van der Waals surface area contributed by atoms with Gasteiger partial charge in [0.1, 0.15) is 0 Å². The van der Waals surface area contributed by atoms with E-state index in [4.69, 9.17) is 12.2 Å². The summed E-state index contributed by atoms with van der Waals surface area (Å²) in [6, 6.07) is 8.10. The molecule has 0 saturated carbocycles. The van der Waals surface area contributed by atoms with Crippen LogP contribution in [0, 0.1) is 0 Å². The summed E-state index contributed by atoms with van der Waals surface area (Å²) in [6.45, 7) is 6.14. The zero-order valence-corrected chi connectivity index (χ0v) is 16.0. The number of unbranched alkanes of at least 4 members (excludes halogenated alkanes) is 1. The fourth-order valence-electron chi connectivity index (χ4n) is 2.58. The molecule has 1 aromatic carbocycles. The molecular weight excluding hydrogens is 344 g/mol. The molecule has 1 aliphatic heterocycles. The van der Waals surface area contributed by atoms with Crippen molar-refractivity contribution < 1.29 is 4.79 Å². The fraction of sp³-hybridized carbons (Fsp3) is 0.529. The molecule has 1 saturated heterocycles. The highest BCUT2D eigenvalue weighted by molar-refractivity contribution is 7.80. The first-order valence-corrected chi connectivity index (χ1v) is 8.64. The molecule has 1 heterocycles. The summed E-state index contributed by atoms with van der Waals surface area (Å²) in [5.74, 6) is -0.0265. The van der Waals surface area contributed by atoms with Gasteiger partial charge in [-0.2, -0.15) is 0 Å². The Morgan fingerprint density at radius 1 is 1.21 bits per heavy atom. The molecule has 2 N–H and O–H groups in total. The molecule has 0 aliphatic carbocycles. The Kier molecular flexibility index (Phi) is 9.03. The summed E-state index contributed by atoms with van der Waals surface area (Å²) in [6.07, 6.45) is 2.39. The average molecular weight is 371 g/mol. The smallest absolute Gasteiger partial charge is 0.226 e. The van der Waals surface area contributed by atoms with Gasteiger partial charge in [-0.05, 0) is 37.8 Å². The molecule has 2 rings (SSSR count). The molecular formula is C17H27ClN4OS. The number of carbonyl (C=O) groups is 1. The van der Waals surface area contributed by atoms with E-state index in [0.29, 0.717) is 11.5 Å². The van der Waals surface area contributed by atoms with E-state index in [2.05, 4.69) is 40.5 Å². The molecule has 0 aromatic heterocycles. The maximum atomic E-state index is 11.8. The largest absolute Gasteiger partial charge is 0.367 e. The van der Waals surface area contributed by atoms with Gasteiger partial charge in [0.2, 0.25) is 5.91 Å². The molecule has 7 heteroatoms. The molecule has 1 amide bonds. The fourth-order valence-corrected chi connectivity index (χ4v) is 2.81. The summed E-state index contributed by atoms with van der Waals surface area (Å²) >= 11 is 5.27. The van der Waals surface area contributed by atoms with E-state index in [9.17, 15) is 4.79 Å². The Hall–Kier alpha value is -1.37. The van der Waals surface area contributed by atoms with Crippen molar-refractivity contribution >= 4 is 47.0 Å². The van der Waals surface area contributed by atoms with Gasteiger partial charge in [-0.3, -0.25) is 4.79 Å². The minimum atomic E-state index is -0.0265. The molecule has 24 heavy (non-hydrogen) atoms. The van der Waals surface area contributed by atoms with Crippen LogP contribution >= 0.6 is 24.6 Å². The summed E-state index contributed by atoms with van der Waals surface area (Å²) < 4.78 is 0. The molecule has 1 aromatic rings. The second-order valence-electron chi connectivity index (χ2n) is 5.91. The van der Waals surface area contributed by atoms with Gasteiger partial charge in [0.15, 0.2) is 5.11 Å². The van der Waals surface area contributed by atoms with E-state index < -0.39 is 0 Å². The summed E-state index contributed by atoms with van der Waals surface area (Å²) in [5.41, 5.74) is 2.07. The number of halogens is 1. The number of nitrogens with zero attached hydrogens (tertiary/aromatic N) is 2. The van der Waals surface area contributed by atoms with Crippen LogP contribution < -0.4 is 15.5 Å². The number of benzene rings is 1. The number of rotatable bonds is 5. The molecule has 1 aliphatic rings. The molecule has 0 bridgehead atoms. The van der Waals surface area contributed by atoms with Crippen LogP contribution in [0.15, 0.2) is 24.3 Å². The van der Waals surface area contributed by atoms with Crippen molar-refractivity contribution in [1.82, 2.24) is 10.2 Å². The SMILES string of the molecule is CCCCC(=O)NC(=S)Nc1ccccc1N1CCN(C)CC1.Cl. The maximum Gasteiger partial charge on any atom is 0.226 e. The van der Waals surface area contributed by atoms with Crippen molar-refractivity contribution in [2.45, 2.75) is 26.2 Å². The second kappa shape index (κ2) is 10.5. The first kappa shape index (κ1) is 20.7. The number of carbonyl (C=O) groups excluding carboxylic acids is 1. The Morgan fingerprint density at radius 2 is 1.88 bits per heavy atom. The summed E-state index contributed by atoms with van der Waals surface area (Å²) in [4.78, 5) is 16.4. The van der Waals surface area contributed by atoms with Crippen LogP contribution in [0.25, 0.3) is 0 Å². The van der Waals surface area contributed by atoms with E-state index in [1.807, 2.05) is 18.2 Å². The lowest BCUT2D eigenvalue weighted by Gasteiger charge is -2.35. The van der Waals surface area contributed by atoms with Crippen molar-refractivity contribution in [2.75, 3.05) is 43.4 Å².